The Kier molecular flexibility index (Phi) is 5.86. The Morgan fingerprint density at radius 3 is 2.56 bits per heavy atom. The van der Waals surface area contributed by atoms with Crippen LogP contribution in [0.25, 0.3) is 0 Å². The lowest BCUT2D eigenvalue weighted by Gasteiger charge is -2.20. The third-order valence-electron chi connectivity index (χ3n) is 4.39. The highest BCUT2D eigenvalue weighted by atomic mass is 35.5. The SMILES string of the molecule is COc1cc(C(=O)NC(c2ccccc2)C2CC2)cc(Cl)c1OCC(N)=O. The lowest BCUT2D eigenvalue weighted by atomic mass is 10.0. The molecule has 2 aromatic carbocycles. The van der Waals surface area contributed by atoms with Crippen molar-refractivity contribution in [3.8, 4) is 11.5 Å². The van der Waals surface area contributed by atoms with Crippen molar-refractivity contribution < 1.29 is 19.1 Å². The molecule has 1 fully saturated rings. The van der Waals surface area contributed by atoms with Gasteiger partial charge in [-0.25, -0.2) is 0 Å². The second kappa shape index (κ2) is 8.31. The number of hydrogen-bond donors (Lipinski definition) is 2. The lowest BCUT2D eigenvalue weighted by molar-refractivity contribution is -0.119. The third kappa shape index (κ3) is 4.71. The predicted molar refractivity (Wildman–Crippen MR) is 102 cm³/mol. The molecule has 0 bridgehead atoms. The summed E-state index contributed by atoms with van der Waals surface area (Å²) in [5, 5.41) is 3.26. The fraction of sp³-hybridized carbons (Fsp3) is 0.300. The molecule has 3 N–H and O–H groups in total. The first-order valence-electron chi connectivity index (χ1n) is 8.64. The van der Waals surface area contributed by atoms with Gasteiger partial charge in [-0.3, -0.25) is 9.59 Å². The number of benzene rings is 2. The van der Waals surface area contributed by atoms with Crippen molar-refractivity contribution in [2.24, 2.45) is 11.7 Å². The average Bonchev–Trinajstić information content (AvgIpc) is 3.49. The van der Waals surface area contributed by atoms with Crippen LogP contribution in [0.15, 0.2) is 42.5 Å². The van der Waals surface area contributed by atoms with Crippen molar-refractivity contribution in [1.82, 2.24) is 5.32 Å². The molecule has 0 spiro atoms. The van der Waals surface area contributed by atoms with Gasteiger partial charge in [0.2, 0.25) is 0 Å². The highest BCUT2D eigenvalue weighted by molar-refractivity contribution is 6.32. The number of carbonyl (C=O) groups excluding carboxylic acids is 2. The normalized spacial score (nSPS) is 14.3. The van der Waals surface area contributed by atoms with Crippen LogP contribution in [0, 0.1) is 5.92 Å². The summed E-state index contributed by atoms with van der Waals surface area (Å²) < 4.78 is 10.5. The van der Waals surface area contributed by atoms with Crippen LogP contribution >= 0.6 is 11.6 Å². The second-order valence-electron chi connectivity index (χ2n) is 6.44. The summed E-state index contributed by atoms with van der Waals surface area (Å²) >= 11 is 6.23. The Morgan fingerprint density at radius 2 is 1.96 bits per heavy atom. The van der Waals surface area contributed by atoms with Gasteiger partial charge in [-0.2, -0.15) is 0 Å². The monoisotopic (exact) mass is 388 g/mol. The van der Waals surface area contributed by atoms with E-state index in [1.807, 2.05) is 30.3 Å². The zero-order valence-electron chi connectivity index (χ0n) is 14.9. The first-order chi connectivity index (χ1) is 13.0. The highest BCUT2D eigenvalue weighted by Crippen LogP contribution is 2.41. The molecule has 0 radical (unpaired) electrons. The van der Waals surface area contributed by atoms with Crippen LogP contribution < -0.4 is 20.5 Å². The van der Waals surface area contributed by atoms with E-state index in [4.69, 9.17) is 26.8 Å². The summed E-state index contributed by atoms with van der Waals surface area (Å²) in [6.07, 6.45) is 2.17. The van der Waals surface area contributed by atoms with E-state index in [1.54, 1.807) is 0 Å². The van der Waals surface area contributed by atoms with Crippen molar-refractivity contribution in [2.45, 2.75) is 18.9 Å². The fourth-order valence-electron chi connectivity index (χ4n) is 2.92. The Morgan fingerprint density at radius 1 is 1.26 bits per heavy atom. The zero-order chi connectivity index (χ0) is 19.4. The number of ether oxygens (including phenoxy) is 2. The van der Waals surface area contributed by atoms with Crippen LogP contribution in [0.3, 0.4) is 0 Å². The maximum Gasteiger partial charge on any atom is 0.255 e. The number of halogens is 1. The zero-order valence-corrected chi connectivity index (χ0v) is 15.7. The number of carbonyl (C=O) groups is 2. The van der Waals surface area contributed by atoms with Gasteiger partial charge in [0.15, 0.2) is 18.1 Å². The molecule has 27 heavy (non-hydrogen) atoms. The van der Waals surface area contributed by atoms with E-state index < -0.39 is 5.91 Å². The molecule has 1 saturated carbocycles. The summed E-state index contributed by atoms with van der Waals surface area (Å²) in [4.78, 5) is 23.8. The molecule has 1 atom stereocenters. The summed E-state index contributed by atoms with van der Waals surface area (Å²) in [5.74, 6) is -0.0118. The molecule has 7 heteroatoms. The van der Waals surface area contributed by atoms with Crippen molar-refractivity contribution in [3.63, 3.8) is 0 Å². The summed E-state index contributed by atoms with van der Waals surface area (Å²) in [5.41, 5.74) is 6.52. The van der Waals surface area contributed by atoms with Crippen LogP contribution in [-0.2, 0) is 4.79 Å². The van der Waals surface area contributed by atoms with Crippen LogP contribution in [0.4, 0.5) is 0 Å². The van der Waals surface area contributed by atoms with Gasteiger partial charge in [0.05, 0.1) is 18.2 Å². The van der Waals surface area contributed by atoms with Crippen LogP contribution in [0.2, 0.25) is 5.02 Å². The van der Waals surface area contributed by atoms with Crippen molar-refractivity contribution >= 4 is 23.4 Å². The van der Waals surface area contributed by atoms with Crippen molar-refractivity contribution in [3.05, 3.63) is 58.6 Å². The van der Waals surface area contributed by atoms with Crippen LogP contribution in [0.5, 0.6) is 11.5 Å². The Hall–Kier alpha value is -2.73. The van der Waals surface area contributed by atoms with Gasteiger partial charge >= 0.3 is 0 Å². The molecule has 2 amide bonds. The molecule has 6 nitrogen and oxygen atoms in total. The third-order valence-corrected chi connectivity index (χ3v) is 4.67. The molecule has 0 aliphatic heterocycles. The van der Waals surface area contributed by atoms with Gasteiger partial charge in [-0.05, 0) is 36.5 Å². The van der Waals surface area contributed by atoms with E-state index in [-0.39, 0.29) is 35.1 Å². The average molecular weight is 389 g/mol. The smallest absolute Gasteiger partial charge is 0.255 e. The minimum atomic E-state index is -0.634. The maximum atomic E-state index is 12.8. The van der Waals surface area contributed by atoms with Crippen molar-refractivity contribution in [1.29, 1.82) is 0 Å². The van der Waals surface area contributed by atoms with Gasteiger partial charge in [-0.1, -0.05) is 41.9 Å². The summed E-state index contributed by atoms with van der Waals surface area (Å²) in [7, 11) is 1.43. The standard InChI is InChI=1S/C20H21ClN2O4/c1-26-16-10-14(9-15(21)19(16)27-11-17(22)24)20(25)23-18(13-7-8-13)12-5-3-2-4-6-12/h2-6,9-10,13,18H,7-8,11H2,1H3,(H2,22,24)(H,23,25). The van der Waals surface area contributed by atoms with Crippen LogP contribution in [-0.4, -0.2) is 25.5 Å². The van der Waals surface area contributed by atoms with E-state index in [9.17, 15) is 9.59 Å². The number of primary amides is 1. The Bertz CT molecular complexity index is 837. The molecule has 1 unspecified atom stereocenters. The summed E-state index contributed by atoms with van der Waals surface area (Å²) in [6.45, 7) is -0.334. The molecular weight excluding hydrogens is 368 g/mol. The van der Waals surface area contributed by atoms with Gasteiger partial charge in [0.25, 0.3) is 11.8 Å². The lowest BCUT2D eigenvalue weighted by Crippen LogP contribution is -2.30. The van der Waals surface area contributed by atoms with Gasteiger partial charge in [-0.15, -0.1) is 0 Å². The van der Waals surface area contributed by atoms with Crippen molar-refractivity contribution in [2.75, 3.05) is 13.7 Å². The number of amides is 2. The molecule has 0 heterocycles. The molecule has 1 aliphatic rings. The Balaban J connectivity index is 1.81. The predicted octanol–water partition coefficient (Wildman–Crippen LogP) is 3.09. The fourth-order valence-corrected chi connectivity index (χ4v) is 3.19. The molecule has 1 aliphatic carbocycles. The van der Waals surface area contributed by atoms with E-state index in [0.717, 1.165) is 18.4 Å². The number of nitrogens with two attached hydrogens (primary N) is 1. The minimum absolute atomic E-state index is 0.0470. The van der Waals surface area contributed by atoms with Crippen LogP contribution in [0.1, 0.15) is 34.8 Å². The van der Waals surface area contributed by atoms with Gasteiger partial charge in [0.1, 0.15) is 0 Å². The summed E-state index contributed by atoms with van der Waals surface area (Å²) in [6, 6.07) is 12.9. The first kappa shape index (κ1) is 19.0. The van der Waals surface area contributed by atoms with Gasteiger partial charge < -0.3 is 20.5 Å². The molecule has 3 rings (SSSR count). The molecular formula is C20H21ClN2O4. The number of methoxy groups -OCH3 is 1. The van der Waals surface area contributed by atoms with E-state index in [0.29, 0.717) is 11.5 Å². The Labute approximate surface area is 162 Å². The quantitative estimate of drug-likeness (QED) is 0.727. The molecule has 0 aromatic heterocycles. The van der Waals surface area contributed by atoms with E-state index in [2.05, 4.69) is 5.32 Å². The topological polar surface area (TPSA) is 90.7 Å². The van der Waals surface area contributed by atoms with Gasteiger partial charge in [0, 0.05) is 5.56 Å². The molecule has 2 aromatic rings. The second-order valence-corrected chi connectivity index (χ2v) is 6.85. The molecule has 142 valence electrons. The first-order valence-corrected chi connectivity index (χ1v) is 9.02. The minimum Gasteiger partial charge on any atom is -0.493 e. The van der Waals surface area contributed by atoms with E-state index >= 15 is 0 Å². The largest absolute Gasteiger partial charge is 0.493 e. The number of hydrogen-bond acceptors (Lipinski definition) is 4. The number of rotatable bonds is 8. The number of nitrogens with one attached hydrogen (secondary N) is 1. The highest BCUT2D eigenvalue weighted by Gasteiger charge is 2.33. The molecule has 0 saturated heterocycles. The van der Waals surface area contributed by atoms with E-state index in [1.165, 1.54) is 19.2 Å². The maximum absolute atomic E-state index is 12.8.